The van der Waals surface area contributed by atoms with E-state index in [1.807, 2.05) is 43.3 Å². The number of carbonyl (C=O) groups excluding carboxylic acids is 1. The highest BCUT2D eigenvalue weighted by Gasteiger charge is 2.12. The third-order valence-electron chi connectivity index (χ3n) is 2.43. The van der Waals surface area contributed by atoms with Crippen molar-refractivity contribution in [3.63, 3.8) is 0 Å². The smallest absolute Gasteiger partial charge is 0.265 e. The number of hydrogen-bond acceptors (Lipinski definition) is 2. The highest BCUT2D eigenvalue weighted by atomic mass is 79.9. The minimum Gasteiger partial charge on any atom is -0.321 e. The first-order valence-corrected chi connectivity index (χ1v) is 7.90. The van der Waals surface area contributed by atoms with E-state index in [-0.39, 0.29) is 10.7 Å². The van der Waals surface area contributed by atoms with Crippen LogP contribution in [0, 0.1) is 0 Å². The van der Waals surface area contributed by atoms with Crippen molar-refractivity contribution in [2.75, 3.05) is 5.32 Å². The van der Waals surface area contributed by atoms with Gasteiger partial charge in [-0.2, -0.15) is 0 Å². The first kappa shape index (κ1) is 13.8. The zero-order chi connectivity index (χ0) is 13.1. The third kappa shape index (κ3) is 3.22. The zero-order valence-corrected chi connectivity index (χ0v) is 13.6. The van der Waals surface area contributed by atoms with Crippen molar-refractivity contribution in [2.45, 2.75) is 11.8 Å². The molecule has 1 amide bonds. The van der Waals surface area contributed by atoms with Crippen LogP contribution in [0.5, 0.6) is 0 Å². The molecule has 2 nitrogen and oxygen atoms in total. The number of amides is 1. The molecule has 1 aromatic heterocycles. The lowest BCUT2D eigenvalue weighted by Gasteiger charge is -2.11. The van der Waals surface area contributed by atoms with E-state index in [4.69, 9.17) is 0 Å². The normalized spacial score (nSPS) is 12.2. The molecule has 0 aliphatic heterocycles. The maximum absolute atomic E-state index is 12.1. The van der Waals surface area contributed by atoms with Gasteiger partial charge in [-0.05, 0) is 46.6 Å². The number of carbonyl (C=O) groups is 1. The Morgan fingerprint density at radius 2 is 2.00 bits per heavy atom. The molecule has 1 heterocycles. The van der Waals surface area contributed by atoms with E-state index in [2.05, 4.69) is 37.2 Å². The molecular formula is C13H11Br2NOS. The third-order valence-corrected chi connectivity index (χ3v) is 4.55. The Hall–Kier alpha value is -0.650. The number of hydrogen-bond donors (Lipinski definition) is 1. The van der Waals surface area contributed by atoms with Crippen LogP contribution in [0.3, 0.4) is 0 Å². The standard InChI is InChI=1S/C13H11Br2NOS/c1-8(14)9-4-2-3-5-10(9)16-13(17)11-6-7-12(15)18-11/h2-8H,1H3,(H,16,17). The van der Waals surface area contributed by atoms with E-state index in [0.29, 0.717) is 4.88 Å². The summed E-state index contributed by atoms with van der Waals surface area (Å²) in [5.74, 6) is -0.0775. The number of rotatable bonds is 3. The van der Waals surface area contributed by atoms with Gasteiger partial charge < -0.3 is 5.32 Å². The summed E-state index contributed by atoms with van der Waals surface area (Å²) in [4.78, 5) is 13.0. The van der Waals surface area contributed by atoms with Gasteiger partial charge in [0.1, 0.15) is 0 Å². The number of thiophene rings is 1. The topological polar surface area (TPSA) is 29.1 Å². The maximum atomic E-state index is 12.1. The summed E-state index contributed by atoms with van der Waals surface area (Å²) in [6.45, 7) is 2.03. The number of nitrogens with one attached hydrogen (secondary N) is 1. The van der Waals surface area contributed by atoms with Crippen LogP contribution in [-0.4, -0.2) is 5.91 Å². The predicted molar refractivity (Wildman–Crippen MR) is 83.8 cm³/mol. The van der Waals surface area contributed by atoms with Gasteiger partial charge >= 0.3 is 0 Å². The van der Waals surface area contributed by atoms with E-state index in [1.165, 1.54) is 11.3 Å². The van der Waals surface area contributed by atoms with Crippen molar-refractivity contribution in [3.8, 4) is 0 Å². The van der Waals surface area contributed by atoms with Gasteiger partial charge in [0, 0.05) is 10.5 Å². The summed E-state index contributed by atoms with van der Waals surface area (Å²) in [6.07, 6.45) is 0. The molecule has 0 aliphatic carbocycles. The Bertz CT molecular complexity index is 566. The van der Waals surface area contributed by atoms with Gasteiger partial charge in [-0.1, -0.05) is 34.1 Å². The molecule has 1 aromatic carbocycles. The molecule has 0 bridgehead atoms. The molecule has 18 heavy (non-hydrogen) atoms. The van der Waals surface area contributed by atoms with Crippen LogP contribution in [0.1, 0.15) is 27.0 Å². The summed E-state index contributed by atoms with van der Waals surface area (Å²) < 4.78 is 0.954. The number of anilines is 1. The minimum absolute atomic E-state index is 0.0775. The van der Waals surface area contributed by atoms with E-state index in [1.54, 1.807) is 0 Å². The maximum Gasteiger partial charge on any atom is 0.265 e. The SMILES string of the molecule is CC(Br)c1ccccc1NC(=O)c1ccc(Br)s1. The van der Waals surface area contributed by atoms with Crippen molar-refractivity contribution < 1.29 is 4.79 Å². The molecule has 1 unspecified atom stereocenters. The minimum atomic E-state index is -0.0775. The van der Waals surface area contributed by atoms with Crippen molar-refractivity contribution in [3.05, 3.63) is 50.6 Å². The second kappa shape index (κ2) is 5.99. The van der Waals surface area contributed by atoms with Gasteiger partial charge in [0.05, 0.1) is 8.66 Å². The fourth-order valence-electron chi connectivity index (χ4n) is 1.58. The van der Waals surface area contributed by atoms with Gasteiger partial charge in [-0.15, -0.1) is 11.3 Å². The lowest BCUT2D eigenvalue weighted by atomic mass is 10.1. The van der Waals surface area contributed by atoms with E-state index in [9.17, 15) is 4.79 Å². The number of alkyl halides is 1. The molecule has 0 fully saturated rings. The average Bonchev–Trinajstić information content (AvgIpc) is 2.76. The first-order valence-electron chi connectivity index (χ1n) is 5.37. The quantitative estimate of drug-likeness (QED) is 0.717. The summed E-state index contributed by atoms with van der Waals surface area (Å²) in [6, 6.07) is 11.5. The van der Waals surface area contributed by atoms with Crippen LogP contribution in [0.4, 0.5) is 5.69 Å². The molecular weight excluding hydrogens is 378 g/mol. The summed E-state index contributed by atoms with van der Waals surface area (Å²) >= 11 is 8.30. The molecule has 0 spiro atoms. The fraction of sp³-hybridized carbons (Fsp3) is 0.154. The monoisotopic (exact) mass is 387 g/mol. The Labute approximate surface area is 127 Å². The van der Waals surface area contributed by atoms with Crippen LogP contribution in [0.25, 0.3) is 0 Å². The van der Waals surface area contributed by atoms with Crippen LogP contribution in [-0.2, 0) is 0 Å². The second-order valence-electron chi connectivity index (χ2n) is 3.76. The molecule has 0 saturated carbocycles. The molecule has 0 saturated heterocycles. The van der Waals surface area contributed by atoms with E-state index < -0.39 is 0 Å². The highest BCUT2D eigenvalue weighted by molar-refractivity contribution is 9.11. The molecule has 0 radical (unpaired) electrons. The molecule has 94 valence electrons. The Morgan fingerprint density at radius 3 is 2.61 bits per heavy atom. The highest BCUT2D eigenvalue weighted by Crippen LogP contribution is 2.29. The van der Waals surface area contributed by atoms with Gasteiger partial charge in [0.15, 0.2) is 0 Å². The predicted octanol–water partition coefficient (Wildman–Crippen LogP) is 5.22. The Morgan fingerprint density at radius 1 is 1.28 bits per heavy atom. The van der Waals surface area contributed by atoms with Crippen LogP contribution in [0.2, 0.25) is 0 Å². The largest absolute Gasteiger partial charge is 0.321 e. The van der Waals surface area contributed by atoms with Crippen LogP contribution >= 0.6 is 43.2 Å². The fourth-order valence-corrected chi connectivity index (χ4v) is 3.26. The van der Waals surface area contributed by atoms with Crippen LogP contribution in [0.15, 0.2) is 40.2 Å². The number of para-hydroxylation sites is 1. The summed E-state index contributed by atoms with van der Waals surface area (Å²) in [5, 5.41) is 2.94. The molecule has 2 aromatic rings. The Balaban J connectivity index is 2.22. The van der Waals surface area contributed by atoms with Crippen molar-refractivity contribution in [1.29, 1.82) is 0 Å². The molecule has 0 aliphatic rings. The molecule has 1 N–H and O–H groups in total. The number of halogens is 2. The average molecular weight is 389 g/mol. The molecule has 5 heteroatoms. The van der Waals surface area contributed by atoms with Gasteiger partial charge in [-0.3, -0.25) is 4.79 Å². The molecule has 2 rings (SSSR count). The van der Waals surface area contributed by atoms with Crippen molar-refractivity contribution in [2.24, 2.45) is 0 Å². The van der Waals surface area contributed by atoms with Crippen molar-refractivity contribution in [1.82, 2.24) is 0 Å². The first-order chi connectivity index (χ1) is 8.58. The van der Waals surface area contributed by atoms with E-state index in [0.717, 1.165) is 15.0 Å². The molecule has 1 atom stereocenters. The van der Waals surface area contributed by atoms with Crippen molar-refractivity contribution >= 4 is 54.8 Å². The zero-order valence-electron chi connectivity index (χ0n) is 9.61. The Kier molecular flexibility index (Phi) is 4.59. The van der Waals surface area contributed by atoms with Crippen LogP contribution < -0.4 is 5.32 Å². The summed E-state index contributed by atoms with van der Waals surface area (Å²) in [7, 11) is 0. The van der Waals surface area contributed by atoms with Gasteiger partial charge in [0.2, 0.25) is 0 Å². The summed E-state index contributed by atoms with van der Waals surface area (Å²) in [5.41, 5.74) is 1.91. The van der Waals surface area contributed by atoms with E-state index >= 15 is 0 Å². The lowest BCUT2D eigenvalue weighted by Crippen LogP contribution is -2.11. The number of benzene rings is 1. The lowest BCUT2D eigenvalue weighted by molar-refractivity contribution is 0.103. The second-order valence-corrected chi connectivity index (χ2v) is 7.60. The van der Waals surface area contributed by atoms with Gasteiger partial charge in [-0.25, -0.2) is 0 Å². The van der Waals surface area contributed by atoms with Gasteiger partial charge in [0.25, 0.3) is 5.91 Å².